The molecule has 2 aliphatic rings. The molecule has 1 aliphatic carbocycles. The summed E-state index contributed by atoms with van der Waals surface area (Å²) >= 11 is 0. The molecular weight excluding hydrogens is 232 g/mol. The van der Waals surface area contributed by atoms with Crippen LogP contribution in [0.1, 0.15) is 19.3 Å². The lowest BCUT2D eigenvalue weighted by molar-refractivity contribution is -0.142. The van der Waals surface area contributed by atoms with Gasteiger partial charge in [0.25, 0.3) is 0 Å². The topological polar surface area (TPSA) is 60.9 Å². The molecule has 0 bridgehead atoms. The summed E-state index contributed by atoms with van der Waals surface area (Å²) in [5, 5.41) is 8.84. The minimum atomic E-state index is -0.823. The zero-order valence-corrected chi connectivity index (χ0v) is 11.1. The average molecular weight is 254 g/mol. The van der Waals surface area contributed by atoms with Crippen molar-refractivity contribution in [2.24, 2.45) is 17.8 Å². The predicted octanol–water partition coefficient (Wildman–Crippen LogP) is 0.507. The summed E-state index contributed by atoms with van der Waals surface area (Å²) in [4.78, 5) is 26.9. The van der Waals surface area contributed by atoms with Gasteiger partial charge in [0.15, 0.2) is 0 Å². The number of carbonyl (C=O) groups is 2. The highest BCUT2D eigenvalue weighted by molar-refractivity contribution is 5.89. The van der Waals surface area contributed by atoms with Gasteiger partial charge in [-0.25, -0.2) is 0 Å². The first-order valence-corrected chi connectivity index (χ1v) is 6.65. The number of likely N-dealkylation sites (tertiary alicyclic amines) is 1. The van der Waals surface area contributed by atoms with Crippen LogP contribution >= 0.6 is 0 Å². The molecule has 1 N–H and O–H groups in total. The zero-order valence-electron chi connectivity index (χ0n) is 11.1. The van der Waals surface area contributed by atoms with Crippen molar-refractivity contribution >= 4 is 11.9 Å². The summed E-state index contributed by atoms with van der Waals surface area (Å²) in [6, 6.07) is 0. The number of nitrogens with zero attached hydrogens (tertiary/aromatic N) is 2. The van der Waals surface area contributed by atoms with E-state index in [0.717, 1.165) is 32.5 Å². The molecule has 0 aromatic rings. The third-order valence-corrected chi connectivity index (χ3v) is 3.97. The Hall–Kier alpha value is -1.10. The van der Waals surface area contributed by atoms with Gasteiger partial charge in [0, 0.05) is 19.6 Å². The van der Waals surface area contributed by atoms with Crippen molar-refractivity contribution in [2.45, 2.75) is 19.3 Å². The maximum Gasteiger partial charge on any atom is 0.307 e. The Bertz CT molecular complexity index is 335. The normalized spacial score (nSPS) is 28.5. The number of carboxylic acid groups (broad SMARTS) is 1. The molecule has 2 atom stereocenters. The van der Waals surface area contributed by atoms with Gasteiger partial charge in [0.05, 0.1) is 11.8 Å². The molecule has 102 valence electrons. The lowest BCUT2D eigenvalue weighted by Crippen LogP contribution is -2.41. The number of piperidine rings is 1. The van der Waals surface area contributed by atoms with Crippen LogP contribution in [0.2, 0.25) is 0 Å². The summed E-state index contributed by atoms with van der Waals surface area (Å²) < 4.78 is 0. The Balaban J connectivity index is 1.76. The van der Waals surface area contributed by atoms with E-state index in [4.69, 9.17) is 5.11 Å². The highest BCUT2D eigenvalue weighted by Gasteiger charge is 2.50. The molecule has 1 amide bonds. The molecule has 0 spiro atoms. The first-order valence-electron chi connectivity index (χ1n) is 6.65. The summed E-state index contributed by atoms with van der Waals surface area (Å²) in [6.07, 6.45) is 2.61. The molecule has 1 saturated carbocycles. The van der Waals surface area contributed by atoms with Crippen LogP contribution in [0.15, 0.2) is 0 Å². The van der Waals surface area contributed by atoms with E-state index in [1.165, 1.54) is 0 Å². The summed E-state index contributed by atoms with van der Waals surface area (Å²) in [7, 11) is 4.14. The Labute approximate surface area is 108 Å². The summed E-state index contributed by atoms with van der Waals surface area (Å²) in [6.45, 7) is 2.66. The fourth-order valence-electron chi connectivity index (χ4n) is 2.83. The van der Waals surface area contributed by atoms with Crippen molar-refractivity contribution in [1.82, 2.24) is 9.80 Å². The average Bonchev–Trinajstić information content (AvgIpc) is 3.08. The lowest BCUT2D eigenvalue weighted by Gasteiger charge is -2.33. The van der Waals surface area contributed by atoms with Crippen LogP contribution in [0.4, 0.5) is 0 Å². The molecule has 0 aromatic heterocycles. The van der Waals surface area contributed by atoms with Crippen molar-refractivity contribution < 1.29 is 14.7 Å². The summed E-state index contributed by atoms with van der Waals surface area (Å²) in [5.74, 6) is -0.759. The van der Waals surface area contributed by atoms with Crippen molar-refractivity contribution in [3.63, 3.8) is 0 Å². The molecule has 1 saturated heterocycles. The van der Waals surface area contributed by atoms with Gasteiger partial charge in [-0.15, -0.1) is 0 Å². The van der Waals surface area contributed by atoms with Crippen LogP contribution in [0.25, 0.3) is 0 Å². The maximum atomic E-state index is 12.1. The van der Waals surface area contributed by atoms with E-state index in [2.05, 4.69) is 19.0 Å². The maximum absolute atomic E-state index is 12.1. The van der Waals surface area contributed by atoms with Gasteiger partial charge in [-0.3, -0.25) is 9.59 Å². The van der Waals surface area contributed by atoms with Crippen LogP contribution in [0, 0.1) is 17.8 Å². The van der Waals surface area contributed by atoms with Crippen LogP contribution in [-0.4, -0.2) is 60.5 Å². The molecule has 1 aliphatic heterocycles. The molecule has 1 heterocycles. The molecule has 2 rings (SSSR count). The van der Waals surface area contributed by atoms with E-state index in [0.29, 0.717) is 12.3 Å². The number of amides is 1. The predicted molar refractivity (Wildman–Crippen MR) is 67.1 cm³/mol. The lowest BCUT2D eigenvalue weighted by atomic mass is 9.96. The van der Waals surface area contributed by atoms with Crippen LogP contribution in [-0.2, 0) is 9.59 Å². The Morgan fingerprint density at radius 2 is 1.83 bits per heavy atom. The molecule has 5 heteroatoms. The smallest absolute Gasteiger partial charge is 0.307 e. The quantitative estimate of drug-likeness (QED) is 0.794. The number of hydrogen-bond acceptors (Lipinski definition) is 3. The second-order valence-corrected chi connectivity index (χ2v) is 5.82. The number of rotatable bonds is 4. The Kier molecular flexibility index (Phi) is 3.90. The number of aliphatic carboxylic acids is 1. The number of carbonyl (C=O) groups excluding carboxylic acids is 1. The van der Waals surface area contributed by atoms with Crippen molar-refractivity contribution in [2.75, 3.05) is 33.7 Å². The Morgan fingerprint density at radius 3 is 2.28 bits per heavy atom. The molecule has 2 fully saturated rings. The zero-order chi connectivity index (χ0) is 13.3. The van der Waals surface area contributed by atoms with Gasteiger partial charge in [0.1, 0.15) is 0 Å². The molecule has 5 nitrogen and oxygen atoms in total. The second kappa shape index (κ2) is 5.26. The molecule has 0 radical (unpaired) electrons. The largest absolute Gasteiger partial charge is 0.481 e. The van der Waals surface area contributed by atoms with Gasteiger partial charge in [-0.2, -0.15) is 0 Å². The van der Waals surface area contributed by atoms with E-state index in [-0.39, 0.29) is 11.8 Å². The van der Waals surface area contributed by atoms with Crippen molar-refractivity contribution in [1.29, 1.82) is 0 Å². The highest BCUT2D eigenvalue weighted by Crippen LogP contribution is 2.40. The Morgan fingerprint density at radius 1 is 1.22 bits per heavy atom. The van der Waals surface area contributed by atoms with E-state index in [9.17, 15) is 9.59 Å². The fourth-order valence-corrected chi connectivity index (χ4v) is 2.83. The van der Waals surface area contributed by atoms with E-state index in [1.807, 2.05) is 4.90 Å². The van der Waals surface area contributed by atoms with Gasteiger partial charge < -0.3 is 14.9 Å². The van der Waals surface area contributed by atoms with Crippen molar-refractivity contribution in [3.05, 3.63) is 0 Å². The first-order chi connectivity index (χ1) is 8.49. The third kappa shape index (κ3) is 3.02. The standard InChI is InChI=1S/C13H22N2O3/c1-14(2)8-9-3-5-15(6-4-9)12(16)10-7-11(10)13(17)18/h9-11H,3-8H2,1-2H3,(H,17,18)/t10-,11+/m1/s1. The van der Waals surface area contributed by atoms with Gasteiger partial charge in [-0.05, 0) is 39.3 Å². The highest BCUT2D eigenvalue weighted by atomic mass is 16.4. The van der Waals surface area contributed by atoms with E-state index < -0.39 is 11.9 Å². The minimum absolute atomic E-state index is 0.0608. The number of carboxylic acids is 1. The first kappa shape index (κ1) is 13.3. The van der Waals surface area contributed by atoms with Gasteiger partial charge in [0.2, 0.25) is 5.91 Å². The van der Waals surface area contributed by atoms with E-state index >= 15 is 0 Å². The fraction of sp³-hybridized carbons (Fsp3) is 0.846. The monoisotopic (exact) mass is 254 g/mol. The summed E-state index contributed by atoms with van der Waals surface area (Å²) in [5.41, 5.74) is 0. The van der Waals surface area contributed by atoms with Crippen LogP contribution < -0.4 is 0 Å². The SMILES string of the molecule is CN(C)CC1CCN(C(=O)[C@@H]2C[C@@H]2C(=O)O)CC1. The third-order valence-electron chi connectivity index (χ3n) is 3.97. The molecular formula is C13H22N2O3. The molecule has 0 unspecified atom stereocenters. The van der Waals surface area contributed by atoms with Gasteiger partial charge >= 0.3 is 5.97 Å². The minimum Gasteiger partial charge on any atom is -0.481 e. The van der Waals surface area contributed by atoms with Gasteiger partial charge in [-0.1, -0.05) is 0 Å². The van der Waals surface area contributed by atoms with Crippen LogP contribution in [0.5, 0.6) is 0 Å². The molecule has 18 heavy (non-hydrogen) atoms. The van der Waals surface area contributed by atoms with Crippen molar-refractivity contribution in [3.8, 4) is 0 Å². The van der Waals surface area contributed by atoms with E-state index in [1.54, 1.807) is 0 Å². The van der Waals surface area contributed by atoms with Crippen LogP contribution in [0.3, 0.4) is 0 Å². The molecule has 0 aromatic carbocycles. The second-order valence-electron chi connectivity index (χ2n) is 5.82. The number of hydrogen-bond donors (Lipinski definition) is 1.